The standard InChI is InChI=1S/C28H31N3O7/c1-19-17-30(27(36)31(23(19)32)24(33)21-13-9-6-10-14-21)16-15-22(29-26(35)38-28(2,3)4)25(34)37-18-20-11-7-5-8-12-20/h5-14,17,22H,15-16,18H2,1-4H3,(H,29,35)/t22-/m0/s1. The van der Waals surface area contributed by atoms with E-state index in [1.165, 1.54) is 25.3 Å². The monoisotopic (exact) mass is 521 g/mol. The molecule has 1 atom stereocenters. The van der Waals surface area contributed by atoms with E-state index in [1.54, 1.807) is 63.2 Å². The van der Waals surface area contributed by atoms with Crippen molar-refractivity contribution in [3.8, 4) is 0 Å². The van der Waals surface area contributed by atoms with Crippen LogP contribution >= 0.6 is 0 Å². The van der Waals surface area contributed by atoms with E-state index in [1.807, 2.05) is 6.07 Å². The fraction of sp³-hybridized carbons (Fsp3) is 0.321. The normalized spacial score (nSPS) is 11.9. The molecule has 10 heteroatoms. The SMILES string of the molecule is Cc1cn(CC[C@H](NC(=O)OC(C)(C)C)C(=O)OCc2ccccc2)c(=O)n(C(=O)c2ccccc2)c1=O. The van der Waals surface area contributed by atoms with Gasteiger partial charge < -0.3 is 14.8 Å². The van der Waals surface area contributed by atoms with Crippen molar-refractivity contribution in [1.29, 1.82) is 0 Å². The first kappa shape index (κ1) is 28.1. The lowest BCUT2D eigenvalue weighted by molar-refractivity contribution is -0.147. The van der Waals surface area contributed by atoms with Crippen molar-refractivity contribution >= 4 is 18.0 Å². The number of nitrogens with one attached hydrogen (secondary N) is 1. The van der Waals surface area contributed by atoms with Crippen molar-refractivity contribution in [3.63, 3.8) is 0 Å². The summed E-state index contributed by atoms with van der Waals surface area (Å²) < 4.78 is 12.4. The van der Waals surface area contributed by atoms with Crippen LogP contribution in [0.1, 0.15) is 48.7 Å². The highest BCUT2D eigenvalue weighted by Gasteiger charge is 2.26. The molecule has 10 nitrogen and oxygen atoms in total. The molecule has 1 N–H and O–H groups in total. The van der Waals surface area contributed by atoms with Crippen LogP contribution < -0.4 is 16.6 Å². The van der Waals surface area contributed by atoms with Crippen molar-refractivity contribution in [2.45, 2.75) is 58.9 Å². The van der Waals surface area contributed by atoms with E-state index in [-0.39, 0.29) is 30.7 Å². The van der Waals surface area contributed by atoms with Crippen LogP contribution in [0, 0.1) is 6.92 Å². The Bertz CT molecular complexity index is 1400. The van der Waals surface area contributed by atoms with Gasteiger partial charge in [0.05, 0.1) is 0 Å². The Balaban J connectivity index is 1.84. The average molecular weight is 522 g/mol. The number of benzene rings is 2. The zero-order valence-electron chi connectivity index (χ0n) is 21.8. The van der Waals surface area contributed by atoms with Crippen LogP contribution in [0.5, 0.6) is 0 Å². The van der Waals surface area contributed by atoms with Gasteiger partial charge in [-0.1, -0.05) is 48.5 Å². The van der Waals surface area contributed by atoms with Gasteiger partial charge >= 0.3 is 17.8 Å². The van der Waals surface area contributed by atoms with Gasteiger partial charge in [-0.15, -0.1) is 0 Å². The van der Waals surface area contributed by atoms with Crippen molar-refractivity contribution in [3.05, 3.63) is 104 Å². The fourth-order valence-corrected chi connectivity index (χ4v) is 3.58. The van der Waals surface area contributed by atoms with Crippen LogP contribution in [-0.2, 0) is 27.4 Å². The molecule has 200 valence electrons. The van der Waals surface area contributed by atoms with E-state index in [9.17, 15) is 24.0 Å². The van der Waals surface area contributed by atoms with Crippen LogP contribution in [0.15, 0.2) is 76.4 Å². The topological polar surface area (TPSA) is 126 Å². The van der Waals surface area contributed by atoms with E-state index < -0.39 is 40.9 Å². The smallest absolute Gasteiger partial charge is 0.408 e. The molecule has 0 aliphatic heterocycles. The van der Waals surface area contributed by atoms with Gasteiger partial charge in [-0.05, 0) is 51.8 Å². The largest absolute Gasteiger partial charge is 0.459 e. The van der Waals surface area contributed by atoms with Crippen molar-refractivity contribution < 1.29 is 23.9 Å². The highest BCUT2D eigenvalue weighted by atomic mass is 16.6. The van der Waals surface area contributed by atoms with Crippen molar-refractivity contribution in [2.75, 3.05) is 0 Å². The van der Waals surface area contributed by atoms with Gasteiger partial charge in [0.2, 0.25) is 0 Å². The fourth-order valence-electron chi connectivity index (χ4n) is 3.58. The number of rotatable bonds is 8. The summed E-state index contributed by atoms with van der Waals surface area (Å²) in [5, 5.41) is 2.50. The first-order valence-electron chi connectivity index (χ1n) is 12.1. The lowest BCUT2D eigenvalue weighted by Crippen LogP contribution is -2.47. The van der Waals surface area contributed by atoms with Gasteiger partial charge in [0.25, 0.3) is 11.5 Å². The van der Waals surface area contributed by atoms with E-state index in [4.69, 9.17) is 9.47 Å². The number of carbonyl (C=O) groups excluding carboxylic acids is 3. The Kier molecular flexibility index (Phi) is 9.01. The molecule has 1 heterocycles. The van der Waals surface area contributed by atoms with E-state index >= 15 is 0 Å². The summed E-state index contributed by atoms with van der Waals surface area (Å²) in [7, 11) is 0. The quantitative estimate of drug-likeness (QED) is 0.452. The molecule has 0 aliphatic carbocycles. The second kappa shape index (κ2) is 12.2. The number of amides is 1. The molecule has 0 aliphatic rings. The zero-order valence-corrected chi connectivity index (χ0v) is 21.8. The second-order valence-electron chi connectivity index (χ2n) is 9.68. The van der Waals surface area contributed by atoms with Crippen molar-refractivity contribution in [2.24, 2.45) is 0 Å². The summed E-state index contributed by atoms with van der Waals surface area (Å²) in [4.78, 5) is 64.1. The molecule has 0 radical (unpaired) electrons. The van der Waals surface area contributed by atoms with Crippen LogP contribution in [0.4, 0.5) is 4.79 Å². The molecule has 0 saturated heterocycles. The molecule has 2 aromatic carbocycles. The number of aryl methyl sites for hydroxylation is 2. The number of esters is 1. The maximum absolute atomic E-state index is 13.1. The minimum Gasteiger partial charge on any atom is -0.459 e. The minimum atomic E-state index is -1.16. The molecule has 1 aromatic heterocycles. The van der Waals surface area contributed by atoms with Gasteiger partial charge in [-0.2, -0.15) is 4.57 Å². The summed E-state index contributed by atoms with van der Waals surface area (Å²) in [5.74, 6) is -1.48. The molecular weight excluding hydrogens is 490 g/mol. The zero-order chi connectivity index (χ0) is 27.9. The van der Waals surface area contributed by atoms with E-state index in [2.05, 4.69) is 5.32 Å². The number of aromatic nitrogens is 2. The summed E-state index contributed by atoms with van der Waals surface area (Å²) in [6, 6.07) is 15.8. The Morgan fingerprint density at radius 3 is 2.16 bits per heavy atom. The maximum atomic E-state index is 13.1. The third-order valence-electron chi connectivity index (χ3n) is 5.41. The molecule has 0 spiro atoms. The highest BCUT2D eigenvalue weighted by molar-refractivity contribution is 5.95. The van der Waals surface area contributed by atoms with Crippen LogP contribution in [0.25, 0.3) is 0 Å². The Morgan fingerprint density at radius 1 is 0.947 bits per heavy atom. The number of alkyl carbamates (subject to hydrolysis) is 1. The third kappa shape index (κ3) is 7.52. The molecule has 0 saturated carbocycles. The van der Waals surface area contributed by atoms with Gasteiger partial charge in [0, 0.05) is 23.9 Å². The maximum Gasteiger partial charge on any atom is 0.408 e. The Hall–Kier alpha value is -4.47. The predicted molar refractivity (Wildman–Crippen MR) is 140 cm³/mol. The number of ether oxygens (including phenoxy) is 2. The second-order valence-corrected chi connectivity index (χ2v) is 9.68. The molecule has 0 unspecified atom stereocenters. The lowest BCUT2D eigenvalue weighted by Gasteiger charge is -2.23. The molecule has 38 heavy (non-hydrogen) atoms. The van der Waals surface area contributed by atoms with E-state index in [0.717, 1.165) is 10.1 Å². The van der Waals surface area contributed by atoms with Gasteiger partial charge in [0.15, 0.2) is 0 Å². The summed E-state index contributed by atoms with van der Waals surface area (Å²) >= 11 is 0. The Labute approximate surface area is 219 Å². The van der Waals surface area contributed by atoms with E-state index in [0.29, 0.717) is 4.57 Å². The summed E-state index contributed by atoms with van der Waals surface area (Å²) in [6.07, 6.45) is 0.426. The molecule has 3 aromatic rings. The van der Waals surface area contributed by atoms with Gasteiger partial charge in [-0.25, -0.2) is 14.4 Å². The van der Waals surface area contributed by atoms with Gasteiger partial charge in [0.1, 0.15) is 18.2 Å². The van der Waals surface area contributed by atoms with Crippen LogP contribution in [0.2, 0.25) is 0 Å². The molecular formula is C28H31N3O7. The summed E-state index contributed by atoms with van der Waals surface area (Å²) in [5.41, 5.74) is -1.29. The van der Waals surface area contributed by atoms with Crippen LogP contribution in [0.3, 0.4) is 0 Å². The van der Waals surface area contributed by atoms with Crippen LogP contribution in [-0.4, -0.2) is 38.7 Å². The number of carbonyl (C=O) groups is 3. The Morgan fingerprint density at radius 2 is 1.55 bits per heavy atom. The number of hydrogen-bond donors (Lipinski definition) is 1. The lowest BCUT2D eigenvalue weighted by atomic mass is 10.2. The summed E-state index contributed by atoms with van der Waals surface area (Å²) in [6.45, 7) is 6.43. The van der Waals surface area contributed by atoms with Crippen molar-refractivity contribution in [1.82, 2.24) is 14.5 Å². The molecule has 0 bridgehead atoms. The number of nitrogens with zero attached hydrogens (tertiary/aromatic N) is 2. The minimum absolute atomic E-state index is 0.0122. The highest BCUT2D eigenvalue weighted by Crippen LogP contribution is 2.09. The predicted octanol–water partition coefficient (Wildman–Crippen LogP) is 3.03. The number of hydrogen-bond acceptors (Lipinski definition) is 7. The first-order chi connectivity index (χ1) is 18.0. The average Bonchev–Trinajstić information content (AvgIpc) is 2.87. The molecule has 1 amide bonds. The molecule has 0 fully saturated rings. The third-order valence-corrected chi connectivity index (χ3v) is 5.41. The molecule has 3 rings (SSSR count). The first-order valence-corrected chi connectivity index (χ1v) is 12.1. The van der Waals surface area contributed by atoms with Gasteiger partial charge in [-0.3, -0.25) is 14.2 Å².